The van der Waals surface area contributed by atoms with Gasteiger partial charge in [-0.25, -0.2) is 9.97 Å². The molecule has 0 saturated carbocycles. The van der Waals surface area contributed by atoms with Crippen LogP contribution in [0.3, 0.4) is 0 Å². The summed E-state index contributed by atoms with van der Waals surface area (Å²) < 4.78 is 48.5. The van der Waals surface area contributed by atoms with E-state index in [1.807, 2.05) is 48.2 Å². The number of likely N-dealkylation sites (N-methyl/N-ethyl adjacent to an activating group) is 1. The van der Waals surface area contributed by atoms with Crippen molar-refractivity contribution in [3.8, 4) is 11.6 Å². The smallest absolute Gasteiger partial charge is 0.436 e. The highest BCUT2D eigenvalue weighted by Gasteiger charge is 2.41. The topological polar surface area (TPSA) is 53.5 Å². The maximum Gasteiger partial charge on any atom is 0.436 e. The molecule has 1 atom stereocenters. The Bertz CT molecular complexity index is 1210. The Morgan fingerprint density at radius 3 is 2.57 bits per heavy atom. The highest BCUT2D eigenvalue weighted by molar-refractivity contribution is 7.19. The molecule has 0 radical (unpaired) electrons. The van der Waals surface area contributed by atoms with Gasteiger partial charge in [0.05, 0.1) is 0 Å². The fraction of sp³-hybridized carbons (Fsp3) is 0.481. The average molecular weight is 534 g/mol. The van der Waals surface area contributed by atoms with Crippen LogP contribution in [0.15, 0.2) is 42.6 Å². The molecule has 2 aromatic heterocycles. The molecule has 0 amide bonds. The Labute approximate surface area is 220 Å². The summed E-state index contributed by atoms with van der Waals surface area (Å²) in [6, 6.07) is 11.1. The fourth-order valence-corrected chi connectivity index (χ4v) is 5.68. The SMILES string of the molecule is CN(C)CC1CCCCN1c1sc(Nc2cccnc2Oc2ccccc2C(C)(C)C)nc1C(F)(F)F. The van der Waals surface area contributed by atoms with Gasteiger partial charge in [-0.2, -0.15) is 13.2 Å². The van der Waals surface area contributed by atoms with Gasteiger partial charge in [-0.1, -0.05) is 50.3 Å². The van der Waals surface area contributed by atoms with Gasteiger partial charge in [0.2, 0.25) is 5.88 Å². The molecule has 4 rings (SSSR count). The van der Waals surface area contributed by atoms with Crippen molar-refractivity contribution in [1.29, 1.82) is 0 Å². The van der Waals surface area contributed by atoms with Gasteiger partial charge in [0.25, 0.3) is 0 Å². The summed E-state index contributed by atoms with van der Waals surface area (Å²) in [5.74, 6) is 0.917. The number of nitrogens with zero attached hydrogens (tertiary/aromatic N) is 4. The zero-order valence-corrected chi connectivity index (χ0v) is 22.7. The van der Waals surface area contributed by atoms with Crippen LogP contribution in [0.5, 0.6) is 11.6 Å². The molecular weight excluding hydrogens is 499 g/mol. The molecule has 1 fully saturated rings. The van der Waals surface area contributed by atoms with Gasteiger partial charge in [0.1, 0.15) is 16.4 Å². The van der Waals surface area contributed by atoms with Crippen molar-refractivity contribution in [2.45, 2.75) is 57.7 Å². The number of aromatic nitrogens is 2. The fourth-order valence-electron chi connectivity index (χ4n) is 4.59. The maximum atomic E-state index is 14.1. The van der Waals surface area contributed by atoms with Gasteiger partial charge in [-0.05, 0) is 57.0 Å². The second kappa shape index (κ2) is 10.9. The summed E-state index contributed by atoms with van der Waals surface area (Å²) in [6.07, 6.45) is -0.258. The second-order valence-electron chi connectivity index (χ2n) is 10.6. The van der Waals surface area contributed by atoms with Crippen molar-refractivity contribution in [2.24, 2.45) is 0 Å². The number of hydrogen-bond acceptors (Lipinski definition) is 7. The molecule has 1 aliphatic rings. The summed E-state index contributed by atoms with van der Waals surface area (Å²) in [7, 11) is 3.89. The molecule has 1 aromatic carbocycles. The summed E-state index contributed by atoms with van der Waals surface area (Å²) >= 11 is 1.02. The van der Waals surface area contributed by atoms with E-state index in [1.165, 1.54) is 0 Å². The number of hydrogen-bond donors (Lipinski definition) is 1. The predicted molar refractivity (Wildman–Crippen MR) is 143 cm³/mol. The van der Waals surface area contributed by atoms with E-state index in [0.29, 0.717) is 24.5 Å². The summed E-state index contributed by atoms with van der Waals surface area (Å²) in [4.78, 5) is 12.3. The van der Waals surface area contributed by atoms with Crippen LogP contribution in [0.1, 0.15) is 51.3 Å². The van der Waals surface area contributed by atoms with E-state index in [1.54, 1.807) is 18.3 Å². The quantitative estimate of drug-likeness (QED) is 0.344. The van der Waals surface area contributed by atoms with E-state index in [4.69, 9.17) is 4.74 Å². The van der Waals surface area contributed by atoms with Gasteiger partial charge in [0.15, 0.2) is 10.8 Å². The summed E-state index contributed by atoms with van der Waals surface area (Å²) in [5, 5.41) is 3.37. The predicted octanol–water partition coefficient (Wildman–Crippen LogP) is 7.31. The third-order valence-corrected chi connectivity index (χ3v) is 7.26. The molecule has 37 heavy (non-hydrogen) atoms. The van der Waals surface area contributed by atoms with Crippen molar-refractivity contribution < 1.29 is 17.9 Å². The highest BCUT2D eigenvalue weighted by Crippen LogP contribution is 2.45. The lowest BCUT2D eigenvalue weighted by molar-refractivity contribution is -0.140. The molecule has 0 bridgehead atoms. The van der Waals surface area contributed by atoms with E-state index in [-0.39, 0.29) is 27.5 Å². The molecule has 0 spiro atoms. The summed E-state index contributed by atoms with van der Waals surface area (Å²) in [6.45, 7) is 7.53. The second-order valence-corrected chi connectivity index (χ2v) is 11.6. The van der Waals surface area contributed by atoms with E-state index in [0.717, 1.165) is 36.2 Å². The number of benzene rings is 1. The Morgan fingerprint density at radius 1 is 1.11 bits per heavy atom. The van der Waals surface area contributed by atoms with Gasteiger partial charge < -0.3 is 19.9 Å². The van der Waals surface area contributed by atoms with Gasteiger partial charge in [0, 0.05) is 30.9 Å². The van der Waals surface area contributed by atoms with Crippen molar-refractivity contribution in [3.63, 3.8) is 0 Å². The number of thiazole rings is 1. The molecule has 1 saturated heterocycles. The van der Waals surface area contributed by atoms with Crippen molar-refractivity contribution >= 4 is 27.2 Å². The van der Waals surface area contributed by atoms with Crippen LogP contribution in [-0.2, 0) is 11.6 Å². The van der Waals surface area contributed by atoms with Crippen LogP contribution >= 0.6 is 11.3 Å². The molecule has 1 unspecified atom stereocenters. The highest BCUT2D eigenvalue weighted by atomic mass is 32.1. The third kappa shape index (κ3) is 6.54. The number of alkyl halides is 3. The number of halogens is 3. The van der Waals surface area contributed by atoms with Crippen LogP contribution in [0, 0.1) is 0 Å². The monoisotopic (exact) mass is 533 g/mol. The molecule has 0 aliphatic carbocycles. The van der Waals surface area contributed by atoms with Crippen molar-refractivity contribution in [3.05, 3.63) is 53.9 Å². The Kier molecular flexibility index (Phi) is 7.99. The van der Waals surface area contributed by atoms with Crippen LogP contribution in [-0.4, -0.2) is 48.1 Å². The Balaban J connectivity index is 1.67. The van der Waals surface area contributed by atoms with Crippen molar-refractivity contribution in [2.75, 3.05) is 37.4 Å². The number of nitrogens with one attached hydrogen (secondary N) is 1. The third-order valence-electron chi connectivity index (χ3n) is 6.26. The number of piperidine rings is 1. The first-order valence-electron chi connectivity index (χ1n) is 12.4. The van der Waals surface area contributed by atoms with Crippen LogP contribution < -0.4 is 15.0 Å². The molecule has 10 heteroatoms. The minimum absolute atomic E-state index is 0.00401. The zero-order valence-electron chi connectivity index (χ0n) is 21.9. The van der Waals surface area contributed by atoms with Gasteiger partial charge in [-0.15, -0.1) is 0 Å². The first kappa shape index (κ1) is 27.2. The molecule has 1 aliphatic heterocycles. The molecule has 3 heterocycles. The molecule has 200 valence electrons. The van der Waals surface area contributed by atoms with E-state index in [2.05, 4.69) is 36.1 Å². The first-order valence-corrected chi connectivity index (χ1v) is 13.2. The summed E-state index contributed by atoms with van der Waals surface area (Å²) in [5.41, 5.74) is 0.431. The normalized spacial score (nSPS) is 16.8. The van der Waals surface area contributed by atoms with Crippen molar-refractivity contribution in [1.82, 2.24) is 14.9 Å². The lowest BCUT2D eigenvalue weighted by Crippen LogP contribution is -2.45. The lowest BCUT2D eigenvalue weighted by atomic mass is 9.86. The van der Waals surface area contributed by atoms with Crippen LogP contribution in [0.25, 0.3) is 0 Å². The largest absolute Gasteiger partial charge is 0.437 e. The molecule has 3 aromatic rings. The number of rotatable bonds is 7. The molecule has 1 N–H and O–H groups in total. The number of ether oxygens (including phenoxy) is 1. The zero-order chi connectivity index (χ0) is 26.8. The average Bonchev–Trinajstić information content (AvgIpc) is 3.24. The lowest BCUT2D eigenvalue weighted by Gasteiger charge is -2.38. The van der Waals surface area contributed by atoms with Gasteiger partial charge >= 0.3 is 6.18 Å². The minimum Gasteiger partial charge on any atom is -0.437 e. The Morgan fingerprint density at radius 2 is 1.86 bits per heavy atom. The molecular formula is C27H34F3N5OS. The molecule has 6 nitrogen and oxygen atoms in total. The number of pyridine rings is 1. The van der Waals surface area contributed by atoms with E-state index in [9.17, 15) is 13.2 Å². The Hall–Kier alpha value is -2.85. The standard InChI is InChI=1S/C27H34F3N5OS/c1-26(2,3)19-12-6-7-14-21(19)36-23-20(13-10-15-31-23)32-25-33-22(27(28,29)30)24(37-25)35-16-9-8-11-18(35)17-34(4)5/h6-7,10,12-15,18H,8-9,11,16-17H2,1-5H3,(H,32,33). The number of para-hydroxylation sites is 1. The minimum atomic E-state index is -4.56. The van der Waals surface area contributed by atoms with E-state index >= 15 is 0 Å². The number of anilines is 3. The van der Waals surface area contributed by atoms with Crippen LogP contribution in [0.2, 0.25) is 0 Å². The maximum absolute atomic E-state index is 14.1. The first-order chi connectivity index (χ1) is 17.4. The van der Waals surface area contributed by atoms with Crippen LogP contribution in [0.4, 0.5) is 29.0 Å². The van der Waals surface area contributed by atoms with E-state index < -0.39 is 11.9 Å². The van der Waals surface area contributed by atoms with Gasteiger partial charge in [-0.3, -0.25) is 0 Å².